The van der Waals surface area contributed by atoms with E-state index in [2.05, 4.69) is 20.2 Å². The fourth-order valence-electron chi connectivity index (χ4n) is 3.21. The number of nitrogens with zero attached hydrogens (tertiary/aromatic N) is 5. The Balaban J connectivity index is 1.64. The minimum Gasteiger partial charge on any atom is -0.378 e. The normalized spacial score (nSPS) is 14.2. The van der Waals surface area contributed by atoms with Crippen molar-refractivity contribution in [2.45, 2.75) is 13.8 Å². The number of rotatable bonds is 5. The van der Waals surface area contributed by atoms with Gasteiger partial charge in [-0.05, 0) is 38.1 Å². The minimum absolute atomic E-state index is 0.0900. The van der Waals surface area contributed by atoms with Crippen molar-refractivity contribution < 1.29 is 4.79 Å². The highest BCUT2D eigenvalue weighted by atomic mass is 16.2. The van der Waals surface area contributed by atoms with Gasteiger partial charge in [0, 0.05) is 64.1 Å². The lowest BCUT2D eigenvalue weighted by Crippen LogP contribution is -2.49. The molecule has 0 unspecified atom stereocenters. The average molecular weight is 368 g/mol. The van der Waals surface area contributed by atoms with Crippen molar-refractivity contribution in [1.82, 2.24) is 14.9 Å². The number of hydrogen-bond donors (Lipinski definition) is 1. The first kappa shape index (κ1) is 18.9. The molecule has 3 rings (SSSR count). The molecule has 144 valence electrons. The first-order valence-corrected chi connectivity index (χ1v) is 9.39. The molecule has 1 aromatic heterocycles. The van der Waals surface area contributed by atoms with Crippen LogP contribution in [-0.4, -0.2) is 67.6 Å². The van der Waals surface area contributed by atoms with Gasteiger partial charge in [-0.25, -0.2) is 9.97 Å². The Morgan fingerprint density at radius 3 is 2.37 bits per heavy atom. The van der Waals surface area contributed by atoms with E-state index >= 15 is 0 Å². The molecule has 7 nitrogen and oxygen atoms in total. The molecule has 2 aromatic rings. The third-order valence-corrected chi connectivity index (χ3v) is 4.70. The number of benzene rings is 1. The molecule has 1 saturated heterocycles. The molecule has 1 fully saturated rings. The highest BCUT2D eigenvalue weighted by Crippen LogP contribution is 2.19. The molecular formula is C20H28N6O. The van der Waals surface area contributed by atoms with Gasteiger partial charge in [-0.3, -0.25) is 4.79 Å². The van der Waals surface area contributed by atoms with Crippen LogP contribution in [0.5, 0.6) is 0 Å². The second-order valence-corrected chi connectivity index (χ2v) is 6.91. The lowest BCUT2D eigenvalue weighted by Gasteiger charge is -2.35. The van der Waals surface area contributed by atoms with E-state index in [9.17, 15) is 4.79 Å². The smallest absolute Gasteiger partial charge is 0.253 e. The van der Waals surface area contributed by atoms with E-state index < -0.39 is 0 Å². The number of nitrogens with one attached hydrogen (secondary N) is 1. The van der Waals surface area contributed by atoms with Gasteiger partial charge in [0.1, 0.15) is 17.5 Å². The zero-order chi connectivity index (χ0) is 19.4. The SMILES string of the molecule is CCNc1cc(N2CCN(C(=O)c3ccc(N(C)C)cc3)CC2)nc(C)n1. The lowest BCUT2D eigenvalue weighted by molar-refractivity contribution is 0.0746. The van der Waals surface area contributed by atoms with E-state index in [-0.39, 0.29) is 5.91 Å². The Kier molecular flexibility index (Phi) is 5.78. The third-order valence-electron chi connectivity index (χ3n) is 4.70. The first-order chi connectivity index (χ1) is 13.0. The van der Waals surface area contributed by atoms with Crippen molar-refractivity contribution in [1.29, 1.82) is 0 Å². The van der Waals surface area contributed by atoms with Crippen LogP contribution in [0.3, 0.4) is 0 Å². The van der Waals surface area contributed by atoms with Gasteiger partial charge in [0.25, 0.3) is 5.91 Å². The Labute approximate surface area is 161 Å². The fourth-order valence-corrected chi connectivity index (χ4v) is 3.21. The van der Waals surface area contributed by atoms with Gasteiger partial charge in [-0.1, -0.05) is 0 Å². The first-order valence-electron chi connectivity index (χ1n) is 9.39. The summed E-state index contributed by atoms with van der Waals surface area (Å²) in [5.41, 5.74) is 1.83. The maximum atomic E-state index is 12.8. The molecule has 0 radical (unpaired) electrons. The van der Waals surface area contributed by atoms with E-state index in [1.54, 1.807) is 0 Å². The van der Waals surface area contributed by atoms with E-state index in [4.69, 9.17) is 0 Å². The van der Waals surface area contributed by atoms with Crippen molar-refractivity contribution in [2.24, 2.45) is 0 Å². The molecule has 0 aliphatic carbocycles. The zero-order valence-electron chi connectivity index (χ0n) is 16.6. The van der Waals surface area contributed by atoms with E-state index in [0.29, 0.717) is 13.1 Å². The zero-order valence-corrected chi connectivity index (χ0v) is 16.6. The van der Waals surface area contributed by atoms with Gasteiger partial charge in [0.05, 0.1) is 0 Å². The van der Waals surface area contributed by atoms with Gasteiger partial charge in [-0.2, -0.15) is 0 Å². The van der Waals surface area contributed by atoms with Gasteiger partial charge in [-0.15, -0.1) is 0 Å². The summed E-state index contributed by atoms with van der Waals surface area (Å²) in [6, 6.07) is 9.75. The van der Waals surface area contributed by atoms with Crippen molar-refractivity contribution in [2.75, 3.05) is 61.9 Å². The molecule has 27 heavy (non-hydrogen) atoms. The molecule has 1 N–H and O–H groups in total. The summed E-state index contributed by atoms with van der Waals surface area (Å²) in [5.74, 6) is 2.61. The van der Waals surface area contributed by atoms with E-state index in [0.717, 1.165) is 48.3 Å². The maximum Gasteiger partial charge on any atom is 0.253 e. The standard InChI is InChI=1S/C20H28N6O/c1-5-21-18-14-19(23-15(2)22-18)25-10-12-26(13-11-25)20(27)16-6-8-17(9-7-16)24(3)4/h6-9,14H,5,10-13H2,1-4H3,(H,21,22,23). The van der Waals surface area contributed by atoms with Crippen LogP contribution in [0.4, 0.5) is 17.3 Å². The highest BCUT2D eigenvalue weighted by Gasteiger charge is 2.23. The molecule has 1 aliphatic rings. The quantitative estimate of drug-likeness (QED) is 0.873. The number of amides is 1. The Morgan fingerprint density at radius 2 is 1.78 bits per heavy atom. The second-order valence-electron chi connectivity index (χ2n) is 6.91. The van der Waals surface area contributed by atoms with Crippen LogP contribution in [0.2, 0.25) is 0 Å². The van der Waals surface area contributed by atoms with Crippen molar-refractivity contribution in [3.63, 3.8) is 0 Å². The molecule has 0 bridgehead atoms. The van der Waals surface area contributed by atoms with Gasteiger partial charge in [0.2, 0.25) is 0 Å². The fraction of sp³-hybridized carbons (Fsp3) is 0.450. The van der Waals surface area contributed by atoms with Crippen LogP contribution >= 0.6 is 0 Å². The average Bonchev–Trinajstić information content (AvgIpc) is 2.67. The van der Waals surface area contributed by atoms with Crippen molar-refractivity contribution in [3.8, 4) is 0 Å². The predicted molar refractivity (Wildman–Crippen MR) is 110 cm³/mol. The summed E-state index contributed by atoms with van der Waals surface area (Å²) in [6.45, 7) is 7.69. The Morgan fingerprint density at radius 1 is 1.11 bits per heavy atom. The van der Waals surface area contributed by atoms with Crippen LogP contribution in [-0.2, 0) is 0 Å². The molecule has 1 aromatic carbocycles. The summed E-state index contributed by atoms with van der Waals surface area (Å²) in [5, 5.41) is 3.24. The summed E-state index contributed by atoms with van der Waals surface area (Å²) < 4.78 is 0. The number of aromatic nitrogens is 2. The largest absolute Gasteiger partial charge is 0.378 e. The molecule has 0 saturated carbocycles. The molecule has 0 atom stereocenters. The molecule has 2 heterocycles. The van der Waals surface area contributed by atoms with Gasteiger partial charge in [0.15, 0.2) is 0 Å². The van der Waals surface area contributed by atoms with Crippen LogP contribution in [0.25, 0.3) is 0 Å². The highest BCUT2D eigenvalue weighted by molar-refractivity contribution is 5.94. The number of hydrogen-bond acceptors (Lipinski definition) is 6. The number of aryl methyl sites for hydroxylation is 1. The number of anilines is 3. The molecule has 0 spiro atoms. The van der Waals surface area contributed by atoms with Crippen LogP contribution in [0.1, 0.15) is 23.1 Å². The van der Waals surface area contributed by atoms with Gasteiger partial charge >= 0.3 is 0 Å². The third kappa shape index (κ3) is 4.48. The van der Waals surface area contributed by atoms with Crippen molar-refractivity contribution >= 4 is 23.2 Å². The Bertz CT molecular complexity index is 782. The lowest BCUT2D eigenvalue weighted by atomic mass is 10.1. The van der Waals surface area contributed by atoms with Crippen LogP contribution in [0, 0.1) is 6.92 Å². The topological polar surface area (TPSA) is 64.6 Å². The molecule has 7 heteroatoms. The second kappa shape index (κ2) is 8.24. The monoisotopic (exact) mass is 368 g/mol. The minimum atomic E-state index is 0.0900. The predicted octanol–water partition coefficient (Wildman–Crippen LogP) is 2.25. The number of carbonyl (C=O) groups excluding carboxylic acids is 1. The molecular weight excluding hydrogens is 340 g/mol. The van der Waals surface area contributed by atoms with Crippen LogP contribution in [0.15, 0.2) is 30.3 Å². The summed E-state index contributed by atoms with van der Waals surface area (Å²) in [7, 11) is 3.98. The van der Waals surface area contributed by atoms with Crippen molar-refractivity contribution in [3.05, 3.63) is 41.7 Å². The van der Waals surface area contributed by atoms with Crippen LogP contribution < -0.4 is 15.1 Å². The summed E-state index contributed by atoms with van der Waals surface area (Å²) >= 11 is 0. The van der Waals surface area contributed by atoms with E-state index in [1.807, 2.05) is 68.1 Å². The van der Waals surface area contributed by atoms with Gasteiger partial charge < -0.3 is 20.0 Å². The van der Waals surface area contributed by atoms with E-state index in [1.165, 1.54) is 0 Å². The molecule has 1 aliphatic heterocycles. The number of carbonyl (C=O) groups is 1. The summed E-state index contributed by atoms with van der Waals surface area (Å²) in [4.78, 5) is 27.9. The maximum absolute atomic E-state index is 12.8. The Hall–Kier alpha value is -2.83. The molecule has 1 amide bonds. The number of piperazine rings is 1. The summed E-state index contributed by atoms with van der Waals surface area (Å²) in [6.07, 6.45) is 0.